The van der Waals surface area contributed by atoms with Gasteiger partial charge in [0.2, 0.25) is 5.75 Å². The van der Waals surface area contributed by atoms with Crippen LogP contribution in [0.25, 0.3) is 0 Å². The zero-order chi connectivity index (χ0) is 16.5. The summed E-state index contributed by atoms with van der Waals surface area (Å²) in [5.41, 5.74) is 6.87. The molecule has 0 saturated carbocycles. The van der Waals surface area contributed by atoms with Crippen molar-refractivity contribution in [2.24, 2.45) is 11.7 Å². The summed E-state index contributed by atoms with van der Waals surface area (Å²) in [5.74, 6) is 3.11. The van der Waals surface area contributed by atoms with Gasteiger partial charge in [0, 0.05) is 5.56 Å². The van der Waals surface area contributed by atoms with Gasteiger partial charge >= 0.3 is 0 Å². The van der Waals surface area contributed by atoms with E-state index in [1.807, 2.05) is 26.8 Å². The van der Waals surface area contributed by atoms with Gasteiger partial charge in [-0.2, -0.15) is 0 Å². The van der Waals surface area contributed by atoms with Gasteiger partial charge in [-0.05, 0) is 51.6 Å². The maximum Gasteiger partial charge on any atom is 0.203 e. The van der Waals surface area contributed by atoms with E-state index in [0.29, 0.717) is 38.2 Å². The molecule has 22 heavy (non-hydrogen) atoms. The van der Waals surface area contributed by atoms with E-state index in [9.17, 15) is 0 Å². The average Bonchev–Trinajstić information content (AvgIpc) is 2.50. The second-order valence-electron chi connectivity index (χ2n) is 5.45. The fourth-order valence-corrected chi connectivity index (χ4v) is 2.58. The Balaban J connectivity index is 3.28. The molecule has 0 aliphatic carbocycles. The molecule has 0 aliphatic rings. The van der Waals surface area contributed by atoms with Gasteiger partial charge in [0.1, 0.15) is 0 Å². The minimum absolute atomic E-state index is 0.347. The van der Waals surface area contributed by atoms with Gasteiger partial charge < -0.3 is 19.9 Å². The van der Waals surface area contributed by atoms with Crippen LogP contribution in [0, 0.1) is 5.92 Å². The molecule has 0 spiro atoms. The number of hydrogen-bond acceptors (Lipinski definition) is 4. The lowest BCUT2D eigenvalue weighted by Gasteiger charge is -2.25. The summed E-state index contributed by atoms with van der Waals surface area (Å²) < 4.78 is 17.4. The van der Waals surface area contributed by atoms with E-state index in [1.54, 1.807) is 0 Å². The first-order chi connectivity index (χ1) is 10.6. The Labute approximate surface area is 134 Å². The zero-order valence-corrected chi connectivity index (χ0v) is 14.6. The fourth-order valence-electron chi connectivity index (χ4n) is 2.58. The third-order valence-electron chi connectivity index (χ3n) is 3.95. The number of ether oxygens (including phenoxy) is 3. The summed E-state index contributed by atoms with van der Waals surface area (Å²) in [6.07, 6.45) is 0.990. The minimum atomic E-state index is 0.347. The molecule has 0 aliphatic heterocycles. The molecule has 2 atom stereocenters. The van der Waals surface area contributed by atoms with Gasteiger partial charge in [0.25, 0.3) is 0 Å². The topological polar surface area (TPSA) is 53.7 Å². The molecule has 0 radical (unpaired) electrons. The van der Waals surface area contributed by atoms with Gasteiger partial charge in [-0.3, -0.25) is 0 Å². The zero-order valence-electron chi connectivity index (χ0n) is 14.6. The van der Waals surface area contributed by atoms with E-state index >= 15 is 0 Å². The smallest absolute Gasteiger partial charge is 0.203 e. The van der Waals surface area contributed by atoms with Crippen molar-refractivity contribution in [1.82, 2.24) is 0 Å². The Hall–Kier alpha value is -1.42. The second kappa shape index (κ2) is 9.57. The highest BCUT2D eigenvalue weighted by atomic mass is 16.5. The molecule has 126 valence electrons. The Morgan fingerprint density at radius 3 is 2.05 bits per heavy atom. The largest absolute Gasteiger partial charge is 0.490 e. The Morgan fingerprint density at radius 2 is 1.50 bits per heavy atom. The molecule has 0 heterocycles. The van der Waals surface area contributed by atoms with Crippen molar-refractivity contribution in [2.75, 3.05) is 26.4 Å². The Kier molecular flexibility index (Phi) is 8.10. The van der Waals surface area contributed by atoms with E-state index in [4.69, 9.17) is 19.9 Å². The van der Waals surface area contributed by atoms with Crippen LogP contribution in [0.2, 0.25) is 0 Å². The molecule has 1 aromatic carbocycles. The lowest BCUT2D eigenvalue weighted by Crippen LogP contribution is -2.14. The standard InChI is InChI=1S/C18H31NO3/c1-6-20-16-10-9-15(14(5)13(4)11-12-19)17(21-7-2)18(16)22-8-3/h9-10,13-14H,6-8,11-12,19H2,1-5H3. The molecule has 0 bridgehead atoms. The maximum absolute atomic E-state index is 5.92. The van der Waals surface area contributed by atoms with Crippen molar-refractivity contribution in [3.63, 3.8) is 0 Å². The average molecular weight is 309 g/mol. The van der Waals surface area contributed by atoms with Crippen LogP contribution in [-0.2, 0) is 0 Å². The molecular weight excluding hydrogens is 278 g/mol. The van der Waals surface area contributed by atoms with Crippen LogP contribution in [-0.4, -0.2) is 26.4 Å². The normalized spacial score (nSPS) is 13.5. The van der Waals surface area contributed by atoms with E-state index in [1.165, 1.54) is 0 Å². The van der Waals surface area contributed by atoms with Crippen LogP contribution in [0.1, 0.15) is 52.5 Å². The van der Waals surface area contributed by atoms with Crippen molar-refractivity contribution in [3.8, 4) is 17.2 Å². The van der Waals surface area contributed by atoms with E-state index in [2.05, 4.69) is 19.9 Å². The van der Waals surface area contributed by atoms with Crippen molar-refractivity contribution < 1.29 is 14.2 Å². The number of nitrogens with two attached hydrogens (primary N) is 1. The van der Waals surface area contributed by atoms with Gasteiger partial charge in [0.05, 0.1) is 19.8 Å². The van der Waals surface area contributed by atoms with Crippen molar-refractivity contribution in [2.45, 2.75) is 47.0 Å². The van der Waals surface area contributed by atoms with Crippen LogP contribution in [0.3, 0.4) is 0 Å². The van der Waals surface area contributed by atoms with Crippen LogP contribution in [0.4, 0.5) is 0 Å². The summed E-state index contributed by atoms with van der Waals surface area (Å²) in [5, 5.41) is 0. The molecule has 4 nitrogen and oxygen atoms in total. The minimum Gasteiger partial charge on any atom is -0.490 e. The number of benzene rings is 1. The summed E-state index contributed by atoms with van der Waals surface area (Å²) in [7, 11) is 0. The van der Waals surface area contributed by atoms with Gasteiger partial charge in [-0.25, -0.2) is 0 Å². The predicted molar refractivity (Wildman–Crippen MR) is 91.2 cm³/mol. The van der Waals surface area contributed by atoms with Gasteiger partial charge in [0.15, 0.2) is 11.5 Å². The molecule has 2 N–H and O–H groups in total. The van der Waals surface area contributed by atoms with Crippen molar-refractivity contribution >= 4 is 0 Å². The van der Waals surface area contributed by atoms with Crippen molar-refractivity contribution in [1.29, 1.82) is 0 Å². The summed E-state index contributed by atoms with van der Waals surface area (Å²) in [6, 6.07) is 4.08. The Morgan fingerprint density at radius 1 is 0.909 bits per heavy atom. The van der Waals surface area contributed by atoms with E-state index in [-0.39, 0.29) is 0 Å². The lowest BCUT2D eigenvalue weighted by atomic mass is 9.86. The molecule has 1 aromatic rings. The maximum atomic E-state index is 5.92. The summed E-state index contributed by atoms with van der Waals surface area (Å²) >= 11 is 0. The van der Waals surface area contributed by atoms with E-state index < -0.39 is 0 Å². The quantitative estimate of drug-likeness (QED) is 0.710. The molecule has 1 rings (SSSR count). The third kappa shape index (κ3) is 4.54. The van der Waals surface area contributed by atoms with Crippen LogP contribution in [0.5, 0.6) is 17.2 Å². The molecule has 0 aromatic heterocycles. The van der Waals surface area contributed by atoms with Crippen molar-refractivity contribution in [3.05, 3.63) is 17.7 Å². The van der Waals surface area contributed by atoms with Crippen LogP contribution in [0.15, 0.2) is 12.1 Å². The first kappa shape index (κ1) is 18.6. The highest BCUT2D eigenvalue weighted by molar-refractivity contribution is 5.57. The molecule has 0 saturated heterocycles. The first-order valence-corrected chi connectivity index (χ1v) is 8.35. The SMILES string of the molecule is CCOc1ccc(C(C)C(C)CCN)c(OCC)c1OCC. The molecule has 4 heteroatoms. The van der Waals surface area contributed by atoms with Gasteiger partial charge in [-0.15, -0.1) is 0 Å². The highest BCUT2D eigenvalue weighted by Gasteiger charge is 2.23. The first-order valence-electron chi connectivity index (χ1n) is 8.35. The molecular formula is C18H31NO3. The van der Waals surface area contributed by atoms with E-state index in [0.717, 1.165) is 29.2 Å². The molecule has 2 unspecified atom stereocenters. The number of rotatable bonds is 10. The summed E-state index contributed by atoms with van der Waals surface area (Å²) in [6.45, 7) is 12.8. The monoisotopic (exact) mass is 309 g/mol. The lowest BCUT2D eigenvalue weighted by molar-refractivity contribution is 0.257. The van der Waals surface area contributed by atoms with Crippen LogP contribution < -0.4 is 19.9 Å². The second-order valence-corrected chi connectivity index (χ2v) is 5.45. The number of hydrogen-bond donors (Lipinski definition) is 1. The summed E-state index contributed by atoms with van der Waals surface area (Å²) in [4.78, 5) is 0. The Bertz CT molecular complexity index is 448. The molecule has 0 fully saturated rings. The van der Waals surface area contributed by atoms with Gasteiger partial charge in [-0.1, -0.05) is 19.9 Å². The highest BCUT2D eigenvalue weighted by Crippen LogP contribution is 2.45. The third-order valence-corrected chi connectivity index (χ3v) is 3.95. The molecule has 0 amide bonds. The van der Waals surface area contributed by atoms with Crippen LogP contribution >= 0.6 is 0 Å². The predicted octanol–water partition coefficient (Wildman–Crippen LogP) is 3.97. The fraction of sp³-hybridized carbons (Fsp3) is 0.667.